The van der Waals surface area contributed by atoms with Gasteiger partial charge < -0.3 is 19.5 Å². The van der Waals surface area contributed by atoms with Gasteiger partial charge in [0.05, 0.1) is 12.6 Å². The van der Waals surface area contributed by atoms with Crippen LogP contribution in [0.15, 0.2) is 12.4 Å². The number of ether oxygens (including phenoxy) is 1. The number of nitrogens with zero attached hydrogens (tertiary/aromatic N) is 3. The lowest BCUT2D eigenvalue weighted by molar-refractivity contribution is 0.162. The van der Waals surface area contributed by atoms with Gasteiger partial charge in [-0.05, 0) is 33.4 Å². The van der Waals surface area contributed by atoms with Crippen LogP contribution in [0.4, 0.5) is 5.95 Å². The smallest absolute Gasteiger partial charge is 0.203 e. The van der Waals surface area contributed by atoms with Gasteiger partial charge in [-0.15, -0.1) is 0 Å². The van der Waals surface area contributed by atoms with Gasteiger partial charge in [-0.1, -0.05) is 0 Å². The molecular formula is C13H24N4O. The lowest BCUT2D eigenvalue weighted by atomic mass is 10.1. The quantitative estimate of drug-likeness (QED) is 0.864. The first-order valence-electron chi connectivity index (χ1n) is 6.67. The summed E-state index contributed by atoms with van der Waals surface area (Å²) in [5, 5.41) is 3.55. The van der Waals surface area contributed by atoms with E-state index >= 15 is 0 Å². The van der Waals surface area contributed by atoms with E-state index in [0.29, 0.717) is 18.7 Å². The van der Waals surface area contributed by atoms with Gasteiger partial charge in [0, 0.05) is 32.1 Å². The minimum absolute atomic E-state index is 0.307. The second-order valence-electron chi connectivity index (χ2n) is 5.21. The zero-order valence-electron chi connectivity index (χ0n) is 11.6. The third-order valence-electron chi connectivity index (χ3n) is 3.51. The molecule has 0 radical (unpaired) electrons. The summed E-state index contributed by atoms with van der Waals surface area (Å²) in [5.74, 6) is 0.958. The van der Waals surface area contributed by atoms with Crippen molar-refractivity contribution < 1.29 is 4.74 Å². The van der Waals surface area contributed by atoms with Crippen LogP contribution in [0.5, 0.6) is 0 Å². The first-order chi connectivity index (χ1) is 8.70. The Morgan fingerprint density at radius 2 is 2.44 bits per heavy atom. The molecule has 5 heteroatoms. The zero-order chi connectivity index (χ0) is 13.0. The van der Waals surface area contributed by atoms with Crippen molar-refractivity contribution in [2.24, 2.45) is 0 Å². The molecule has 0 spiro atoms. The van der Waals surface area contributed by atoms with Crippen LogP contribution in [0.3, 0.4) is 0 Å². The van der Waals surface area contributed by atoms with E-state index in [4.69, 9.17) is 4.74 Å². The molecule has 102 valence electrons. The minimum atomic E-state index is 0.307. The van der Waals surface area contributed by atoms with Crippen LogP contribution in [0.25, 0.3) is 0 Å². The normalized spacial score (nSPS) is 22.9. The molecule has 18 heavy (non-hydrogen) atoms. The minimum Gasteiger partial charge on any atom is -0.383 e. The van der Waals surface area contributed by atoms with Crippen molar-refractivity contribution >= 4 is 5.95 Å². The molecule has 2 unspecified atom stereocenters. The van der Waals surface area contributed by atoms with Crippen molar-refractivity contribution in [3.8, 4) is 0 Å². The monoisotopic (exact) mass is 252 g/mol. The zero-order valence-corrected chi connectivity index (χ0v) is 11.6. The molecule has 0 aromatic carbocycles. The predicted molar refractivity (Wildman–Crippen MR) is 73.0 cm³/mol. The van der Waals surface area contributed by atoms with Gasteiger partial charge in [0.15, 0.2) is 0 Å². The summed E-state index contributed by atoms with van der Waals surface area (Å²) < 4.78 is 7.36. The number of likely N-dealkylation sites (tertiary alicyclic amines) is 1. The molecule has 1 N–H and O–H groups in total. The van der Waals surface area contributed by atoms with Crippen LogP contribution < -0.4 is 5.32 Å². The van der Waals surface area contributed by atoms with E-state index in [-0.39, 0.29) is 0 Å². The van der Waals surface area contributed by atoms with Crippen molar-refractivity contribution in [2.45, 2.75) is 31.8 Å². The molecule has 1 aromatic heterocycles. The number of piperidine rings is 1. The van der Waals surface area contributed by atoms with Gasteiger partial charge in [0.1, 0.15) is 0 Å². The highest BCUT2D eigenvalue weighted by Gasteiger charge is 2.19. The van der Waals surface area contributed by atoms with Gasteiger partial charge in [0.25, 0.3) is 0 Å². The lowest BCUT2D eigenvalue weighted by Crippen LogP contribution is -2.40. The fourth-order valence-corrected chi connectivity index (χ4v) is 2.57. The van der Waals surface area contributed by atoms with Crippen LogP contribution in [-0.4, -0.2) is 54.3 Å². The Morgan fingerprint density at radius 3 is 3.17 bits per heavy atom. The maximum absolute atomic E-state index is 5.20. The Hall–Kier alpha value is -1.07. The van der Waals surface area contributed by atoms with Crippen LogP contribution >= 0.6 is 0 Å². The van der Waals surface area contributed by atoms with Gasteiger partial charge in [-0.25, -0.2) is 4.98 Å². The molecule has 2 rings (SSSR count). The summed E-state index contributed by atoms with van der Waals surface area (Å²) in [6.07, 6.45) is 6.33. The van der Waals surface area contributed by atoms with Crippen molar-refractivity contribution in [3.05, 3.63) is 12.4 Å². The highest BCUT2D eigenvalue weighted by molar-refractivity contribution is 5.28. The van der Waals surface area contributed by atoms with Crippen molar-refractivity contribution in [2.75, 3.05) is 39.2 Å². The molecule has 2 heterocycles. The third kappa shape index (κ3) is 3.23. The van der Waals surface area contributed by atoms with E-state index in [1.807, 2.05) is 12.4 Å². The molecular weight excluding hydrogens is 228 g/mol. The molecule has 1 aliphatic heterocycles. The van der Waals surface area contributed by atoms with Crippen molar-refractivity contribution in [1.29, 1.82) is 0 Å². The predicted octanol–water partition coefficient (Wildman–Crippen LogP) is 1.60. The topological polar surface area (TPSA) is 42.3 Å². The van der Waals surface area contributed by atoms with Gasteiger partial charge >= 0.3 is 0 Å². The maximum atomic E-state index is 5.20. The molecule has 1 saturated heterocycles. The first kappa shape index (κ1) is 13.4. The number of aromatic nitrogens is 2. The molecule has 1 fully saturated rings. The fraction of sp³-hybridized carbons (Fsp3) is 0.769. The molecule has 0 aliphatic carbocycles. The SMILES string of the molecule is COCC(C)n1ccnc1NC1CCCN(C)C1. The average molecular weight is 252 g/mol. The molecule has 0 saturated carbocycles. The lowest BCUT2D eigenvalue weighted by Gasteiger charge is -2.31. The third-order valence-corrected chi connectivity index (χ3v) is 3.51. The Labute approximate surface area is 109 Å². The Morgan fingerprint density at radius 1 is 1.61 bits per heavy atom. The number of anilines is 1. The molecule has 2 atom stereocenters. The largest absolute Gasteiger partial charge is 0.383 e. The second-order valence-corrected chi connectivity index (χ2v) is 5.21. The number of rotatable bonds is 5. The summed E-state index contributed by atoms with van der Waals surface area (Å²) in [6, 6.07) is 0.806. The van der Waals surface area contributed by atoms with Gasteiger partial charge in [-0.2, -0.15) is 0 Å². The molecule has 0 bridgehead atoms. The van der Waals surface area contributed by atoms with Crippen LogP contribution in [0, 0.1) is 0 Å². The van der Waals surface area contributed by atoms with Gasteiger partial charge in [-0.3, -0.25) is 0 Å². The standard InChI is InChI=1S/C13H24N4O/c1-11(10-18-3)17-8-6-14-13(17)15-12-5-4-7-16(2)9-12/h6,8,11-12H,4-5,7,9-10H2,1-3H3,(H,14,15). The summed E-state index contributed by atoms with van der Waals surface area (Å²) in [6.45, 7) is 5.14. The van der Waals surface area contributed by atoms with E-state index < -0.39 is 0 Å². The number of likely N-dealkylation sites (N-methyl/N-ethyl adjacent to an activating group) is 1. The Bertz CT molecular complexity index is 366. The first-order valence-corrected chi connectivity index (χ1v) is 6.67. The average Bonchev–Trinajstić information content (AvgIpc) is 2.77. The van der Waals surface area contributed by atoms with Crippen molar-refractivity contribution in [1.82, 2.24) is 14.5 Å². The van der Waals surface area contributed by atoms with Crippen LogP contribution in [0.2, 0.25) is 0 Å². The van der Waals surface area contributed by atoms with E-state index in [1.54, 1.807) is 7.11 Å². The second kappa shape index (κ2) is 6.20. The number of hydrogen-bond donors (Lipinski definition) is 1. The van der Waals surface area contributed by atoms with E-state index in [2.05, 4.69) is 33.7 Å². The van der Waals surface area contributed by atoms with Crippen LogP contribution in [0.1, 0.15) is 25.8 Å². The Kier molecular flexibility index (Phi) is 4.60. The number of nitrogens with one attached hydrogen (secondary N) is 1. The summed E-state index contributed by atoms with van der Waals surface area (Å²) in [5.41, 5.74) is 0. The summed E-state index contributed by atoms with van der Waals surface area (Å²) in [4.78, 5) is 6.78. The van der Waals surface area contributed by atoms with E-state index in [0.717, 1.165) is 12.5 Å². The number of hydrogen-bond acceptors (Lipinski definition) is 4. The molecule has 0 amide bonds. The van der Waals surface area contributed by atoms with E-state index in [1.165, 1.54) is 19.4 Å². The van der Waals surface area contributed by atoms with E-state index in [9.17, 15) is 0 Å². The fourth-order valence-electron chi connectivity index (χ4n) is 2.57. The van der Waals surface area contributed by atoms with Crippen LogP contribution in [-0.2, 0) is 4.74 Å². The highest BCUT2D eigenvalue weighted by atomic mass is 16.5. The maximum Gasteiger partial charge on any atom is 0.203 e. The Balaban J connectivity index is 1.98. The summed E-state index contributed by atoms with van der Waals surface area (Å²) >= 11 is 0. The highest BCUT2D eigenvalue weighted by Crippen LogP contribution is 2.17. The number of imidazole rings is 1. The number of methoxy groups -OCH3 is 1. The molecule has 1 aromatic rings. The molecule has 5 nitrogen and oxygen atoms in total. The van der Waals surface area contributed by atoms with Gasteiger partial charge in [0.2, 0.25) is 5.95 Å². The molecule has 1 aliphatic rings. The summed E-state index contributed by atoms with van der Waals surface area (Å²) in [7, 11) is 3.91. The van der Waals surface area contributed by atoms with Crippen molar-refractivity contribution in [3.63, 3.8) is 0 Å².